The van der Waals surface area contributed by atoms with E-state index in [-0.39, 0.29) is 12.2 Å². The van der Waals surface area contributed by atoms with E-state index in [1.807, 2.05) is 0 Å². The Hall–Kier alpha value is -1.50. The van der Waals surface area contributed by atoms with Crippen molar-refractivity contribution < 1.29 is 18.0 Å². The van der Waals surface area contributed by atoms with Crippen LogP contribution in [0, 0.1) is 0 Å². The van der Waals surface area contributed by atoms with Crippen LogP contribution in [0.15, 0.2) is 18.3 Å². The largest absolute Gasteiger partial charge is 0.406 e. The molecule has 2 N–H and O–H groups in total. The first-order chi connectivity index (χ1) is 8.39. The number of likely N-dealkylation sites (N-methyl/N-ethyl adjacent to an activating group) is 1. The van der Waals surface area contributed by atoms with Gasteiger partial charge in [0.2, 0.25) is 0 Å². The third kappa shape index (κ3) is 3.76. The number of carbonyl (C=O) groups excluding carboxylic acids is 1. The van der Waals surface area contributed by atoms with Crippen molar-refractivity contribution in [3.05, 3.63) is 24.0 Å². The SMILES string of the molecule is CCN(CCN)C(=O)c1cccn1CC(F)(F)F. The Morgan fingerprint density at radius 1 is 1.50 bits per heavy atom. The molecule has 0 aliphatic heterocycles. The number of hydrogen-bond donors (Lipinski definition) is 1. The van der Waals surface area contributed by atoms with E-state index in [2.05, 4.69) is 0 Å². The molecule has 18 heavy (non-hydrogen) atoms. The first kappa shape index (κ1) is 14.6. The Balaban J connectivity index is 2.89. The number of amides is 1. The number of carbonyl (C=O) groups is 1. The molecular weight excluding hydrogens is 247 g/mol. The standard InChI is InChI=1S/C11H16F3N3O/c1-2-16(7-5-15)10(18)9-4-3-6-17(9)8-11(12,13)14/h3-4,6H,2,5,7-8,15H2,1H3. The molecule has 0 saturated carbocycles. The lowest BCUT2D eigenvalue weighted by atomic mass is 10.3. The zero-order valence-corrected chi connectivity index (χ0v) is 10.1. The third-order valence-electron chi connectivity index (χ3n) is 2.47. The van der Waals surface area contributed by atoms with E-state index >= 15 is 0 Å². The normalized spacial score (nSPS) is 11.6. The first-order valence-corrected chi connectivity index (χ1v) is 5.60. The van der Waals surface area contributed by atoms with Crippen LogP contribution < -0.4 is 5.73 Å². The highest BCUT2D eigenvalue weighted by atomic mass is 19.4. The monoisotopic (exact) mass is 263 g/mol. The van der Waals surface area contributed by atoms with Crippen molar-refractivity contribution in [1.82, 2.24) is 9.47 Å². The molecule has 0 aromatic carbocycles. The topological polar surface area (TPSA) is 51.3 Å². The van der Waals surface area contributed by atoms with Gasteiger partial charge in [0.1, 0.15) is 12.2 Å². The van der Waals surface area contributed by atoms with Crippen LogP contribution in [0.2, 0.25) is 0 Å². The van der Waals surface area contributed by atoms with Gasteiger partial charge in [-0.25, -0.2) is 0 Å². The third-order valence-corrected chi connectivity index (χ3v) is 2.47. The molecule has 0 saturated heterocycles. The van der Waals surface area contributed by atoms with E-state index in [0.29, 0.717) is 13.1 Å². The van der Waals surface area contributed by atoms with Gasteiger partial charge < -0.3 is 15.2 Å². The predicted octanol–water partition coefficient (Wildman–Crippen LogP) is 1.47. The van der Waals surface area contributed by atoms with Crippen LogP contribution in [0.3, 0.4) is 0 Å². The molecule has 1 aromatic rings. The molecular formula is C11H16F3N3O. The number of hydrogen-bond acceptors (Lipinski definition) is 2. The Kier molecular flexibility index (Phi) is 4.77. The van der Waals surface area contributed by atoms with Crippen LogP contribution in [-0.2, 0) is 6.54 Å². The van der Waals surface area contributed by atoms with Crippen molar-refractivity contribution in [3.8, 4) is 0 Å². The molecule has 4 nitrogen and oxygen atoms in total. The number of alkyl halides is 3. The van der Waals surface area contributed by atoms with Crippen molar-refractivity contribution in [1.29, 1.82) is 0 Å². The summed E-state index contributed by atoms with van der Waals surface area (Å²) in [5, 5.41) is 0. The summed E-state index contributed by atoms with van der Waals surface area (Å²) in [5.74, 6) is -0.433. The Morgan fingerprint density at radius 2 is 2.17 bits per heavy atom. The zero-order chi connectivity index (χ0) is 13.8. The lowest BCUT2D eigenvalue weighted by molar-refractivity contribution is -0.140. The fourth-order valence-electron chi connectivity index (χ4n) is 1.66. The summed E-state index contributed by atoms with van der Waals surface area (Å²) < 4.78 is 37.9. The van der Waals surface area contributed by atoms with Gasteiger partial charge in [-0.15, -0.1) is 0 Å². The molecule has 0 spiro atoms. The van der Waals surface area contributed by atoms with Crippen molar-refractivity contribution in [2.45, 2.75) is 19.6 Å². The van der Waals surface area contributed by atoms with Crippen LogP contribution in [0.25, 0.3) is 0 Å². The average Bonchev–Trinajstić information content (AvgIpc) is 2.70. The second-order valence-electron chi connectivity index (χ2n) is 3.81. The average molecular weight is 263 g/mol. The van der Waals surface area contributed by atoms with Gasteiger partial charge in [0.05, 0.1) is 0 Å². The molecule has 0 aliphatic rings. The minimum Gasteiger partial charge on any atom is -0.336 e. The molecule has 0 radical (unpaired) electrons. The van der Waals surface area contributed by atoms with Gasteiger partial charge in [0.15, 0.2) is 0 Å². The van der Waals surface area contributed by atoms with Gasteiger partial charge in [-0.05, 0) is 19.1 Å². The Morgan fingerprint density at radius 3 is 2.67 bits per heavy atom. The highest BCUT2D eigenvalue weighted by Crippen LogP contribution is 2.19. The van der Waals surface area contributed by atoms with Crippen molar-refractivity contribution in [2.75, 3.05) is 19.6 Å². The van der Waals surface area contributed by atoms with Gasteiger partial charge in [0.25, 0.3) is 5.91 Å². The van der Waals surface area contributed by atoms with Crippen molar-refractivity contribution in [3.63, 3.8) is 0 Å². The second-order valence-corrected chi connectivity index (χ2v) is 3.81. The Bertz CT molecular complexity index is 400. The van der Waals surface area contributed by atoms with E-state index in [1.165, 1.54) is 23.2 Å². The van der Waals surface area contributed by atoms with Gasteiger partial charge in [-0.1, -0.05) is 0 Å². The van der Waals surface area contributed by atoms with E-state index < -0.39 is 18.6 Å². The number of nitrogens with zero attached hydrogens (tertiary/aromatic N) is 2. The molecule has 0 bridgehead atoms. The quantitative estimate of drug-likeness (QED) is 0.874. The molecule has 0 unspecified atom stereocenters. The van der Waals surface area contributed by atoms with E-state index in [9.17, 15) is 18.0 Å². The van der Waals surface area contributed by atoms with E-state index in [0.717, 1.165) is 4.57 Å². The fourth-order valence-corrected chi connectivity index (χ4v) is 1.66. The Labute approximate surface area is 103 Å². The van der Waals surface area contributed by atoms with Crippen LogP contribution >= 0.6 is 0 Å². The van der Waals surface area contributed by atoms with Crippen molar-refractivity contribution >= 4 is 5.91 Å². The number of aromatic nitrogens is 1. The number of rotatable bonds is 5. The summed E-state index contributed by atoms with van der Waals surface area (Å²) in [6, 6.07) is 2.81. The molecule has 0 aliphatic carbocycles. The van der Waals surface area contributed by atoms with Gasteiger partial charge in [0, 0.05) is 25.8 Å². The number of nitrogens with two attached hydrogens (primary N) is 1. The minimum absolute atomic E-state index is 0.0302. The summed E-state index contributed by atoms with van der Waals surface area (Å²) >= 11 is 0. The second kappa shape index (κ2) is 5.90. The molecule has 1 amide bonds. The van der Waals surface area contributed by atoms with Gasteiger partial charge in [-0.3, -0.25) is 4.79 Å². The fraction of sp³-hybridized carbons (Fsp3) is 0.545. The predicted molar refractivity (Wildman–Crippen MR) is 61.1 cm³/mol. The maximum absolute atomic E-state index is 12.3. The van der Waals surface area contributed by atoms with E-state index in [1.54, 1.807) is 6.92 Å². The zero-order valence-electron chi connectivity index (χ0n) is 10.1. The van der Waals surface area contributed by atoms with Crippen LogP contribution in [0.4, 0.5) is 13.2 Å². The molecule has 7 heteroatoms. The minimum atomic E-state index is -4.35. The number of halogens is 3. The summed E-state index contributed by atoms with van der Waals surface area (Å²) in [7, 11) is 0. The molecule has 0 atom stereocenters. The van der Waals surface area contributed by atoms with Crippen molar-refractivity contribution in [2.24, 2.45) is 5.73 Å². The lowest BCUT2D eigenvalue weighted by Gasteiger charge is -2.21. The summed E-state index contributed by atoms with van der Waals surface area (Å²) in [6.07, 6.45) is -3.10. The summed E-state index contributed by atoms with van der Waals surface area (Å²) in [4.78, 5) is 13.4. The maximum atomic E-state index is 12.3. The molecule has 1 heterocycles. The van der Waals surface area contributed by atoms with Crippen LogP contribution in [0.1, 0.15) is 17.4 Å². The molecule has 0 fully saturated rings. The van der Waals surface area contributed by atoms with Gasteiger partial charge in [-0.2, -0.15) is 13.2 Å². The van der Waals surface area contributed by atoms with E-state index in [4.69, 9.17) is 5.73 Å². The molecule has 1 rings (SSSR count). The molecule has 1 aromatic heterocycles. The smallest absolute Gasteiger partial charge is 0.336 e. The molecule has 102 valence electrons. The van der Waals surface area contributed by atoms with Crippen LogP contribution in [-0.4, -0.2) is 41.2 Å². The highest BCUT2D eigenvalue weighted by Gasteiger charge is 2.30. The first-order valence-electron chi connectivity index (χ1n) is 5.60. The summed E-state index contributed by atoms with van der Waals surface area (Å²) in [6.45, 7) is 1.60. The van der Waals surface area contributed by atoms with Gasteiger partial charge >= 0.3 is 6.18 Å². The highest BCUT2D eigenvalue weighted by molar-refractivity contribution is 5.92. The van der Waals surface area contributed by atoms with Crippen LogP contribution in [0.5, 0.6) is 0 Å². The summed E-state index contributed by atoms with van der Waals surface area (Å²) in [5.41, 5.74) is 5.39. The maximum Gasteiger partial charge on any atom is 0.406 e. The lowest BCUT2D eigenvalue weighted by Crippen LogP contribution is -2.36.